The summed E-state index contributed by atoms with van der Waals surface area (Å²) in [5.41, 5.74) is 3.43. The first-order valence-corrected chi connectivity index (χ1v) is 6.99. The van der Waals surface area contributed by atoms with E-state index in [0.717, 1.165) is 22.0 Å². The first-order chi connectivity index (χ1) is 10.7. The normalized spacial score (nSPS) is 11.4. The van der Waals surface area contributed by atoms with Gasteiger partial charge in [-0.15, -0.1) is 0 Å². The summed E-state index contributed by atoms with van der Waals surface area (Å²) in [6.45, 7) is 1.96. The third kappa shape index (κ3) is 2.43. The van der Waals surface area contributed by atoms with Crippen molar-refractivity contribution in [3.05, 3.63) is 77.0 Å². The van der Waals surface area contributed by atoms with Gasteiger partial charge in [-0.25, -0.2) is 0 Å². The number of carbonyl (C=O) groups is 1. The minimum Gasteiger partial charge on any atom is -0.360 e. The number of H-pyrrole nitrogens is 1. The van der Waals surface area contributed by atoms with E-state index in [1.165, 1.54) is 0 Å². The molecule has 106 valence electrons. The third-order valence-corrected chi connectivity index (χ3v) is 3.63. The fraction of sp³-hybridized carbons (Fsp3) is 0.0526. The molecule has 3 nitrogen and oxygen atoms in total. The number of aromatic amines is 1. The van der Waals surface area contributed by atoms with Crippen LogP contribution in [0.2, 0.25) is 0 Å². The number of allylic oxidation sites excluding steroid dienone is 1. The van der Waals surface area contributed by atoms with Crippen molar-refractivity contribution in [3.63, 3.8) is 0 Å². The number of rotatable bonds is 3. The SMILES string of the molecule is Cc1cccc2[nH]cc(C(=O)/C(C#N)=C\c3ccccc3)c12. The Hall–Kier alpha value is -3.12. The monoisotopic (exact) mass is 286 g/mol. The maximum Gasteiger partial charge on any atom is 0.205 e. The fourth-order valence-corrected chi connectivity index (χ4v) is 2.56. The second kappa shape index (κ2) is 5.71. The number of hydrogen-bond donors (Lipinski definition) is 1. The van der Waals surface area contributed by atoms with E-state index >= 15 is 0 Å². The fourth-order valence-electron chi connectivity index (χ4n) is 2.56. The van der Waals surface area contributed by atoms with E-state index in [1.54, 1.807) is 12.3 Å². The largest absolute Gasteiger partial charge is 0.360 e. The Labute approximate surface area is 128 Å². The molecule has 0 bridgehead atoms. The molecule has 3 aromatic rings. The summed E-state index contributed by atoms with van der Waals surface area (Å²) in [6, 6.07) is 17.2. The number of carbonyl (C=O) groups excluding carboxylic acids is 1. The van der Waals surface area contributed by atoms with Gasteiger partial charge in [0.15, 0.2) is 0 Å². The molecule has 0 aliphatic carbocycles. The number of nitriles is 1. The molecule has 3 heteroatoms. The van der Waals surface area contributed by atoms with E-state index in [9.17, 15) is 10.1 Å². The Kier molecular flexibility index (Phi) is 3.59. The highest BCUT2D eigenvalue weighted by Gasteiger charge is 2.17. The van der Waals surface area contributed by atoms with Crippen molar-refractivity contribution in [1.82, 2.24) is 4.98 Å². The lowest BCUT2D eigenvalue weighted by molar-refractivity contribution is 0.104. The molecule has 0 saturated heterocycles. The molecule has 22 heavy (non-hydrogen) atoms. The van der Waals surface area contributed by atoms with Crippen molar-refractivity contribution < 1.29 is 4.79 Å². The lowest BCUT2D eigenvalue weighted by atomic mass is 9.99. The van der Waals surface area contributed by atoms with Crippen LogP contribution in [0.3, 0.4) is 0 Å². The molecular weight excluding hydrogens is 272 g/mol. The summed E-state index contributed by atoms with van der Waals surface area (Å²) >= 11 is 0. The molecular formula is C19H14N2O. The maximum atomic E-state index is 12.7. The predicted octanol–water partition coefficient (Wildman–Crippen LogP) is 4.27. The number of nitrogens with one attached hydrogen (secondary N) is 1. The smallest absolute Gasteiger partial charge is 0.205 e. The Morgan fingerprint density at radius 1 is 1.14 bits per heavy atom. The highest BCUT2D eigenvalue weighted by molar-refractivity contribution is 6.20. The lowest BCUT2D eigenvalue weighted by Gasteiger charge is -2.01. The van der Waals surface area contributed by atoms with Crippen LogP contribution in [0.5, 0.6) is 0 Å². The van der Waals surface area contributed by atoms with Crippen LogP contribution in [-0.4, -0.2) is 10.8 Å². The molecule has 0 radical (unpaired) electrons. The molecule has 0 spiro atoms. The van der Waals surface area contributed by atoms with Crippen LogP contribution in [-0.2, 0) is 0 Å². The Morgan fingerprint density at radius 3 is 2.64 bits per heavy atom. The second-order valence-corrected chi connectivity index (χ2v) is 5.11. The zero-order valence-corrected chi connectivity index (χ0v) is 12.1. The first kappa shape index (κ1) is 13.8. The number of aryl methyl sites for hydroxylation is 1. The quantitative estimate of drug-likeness (QED) is 0.444. The summed E-state index contributed by atoms with van der Waals surface area (Å²) in [5, 5.41) is 10.2. The van der Waals surface area contributed by atoms with Crippen LogP contribution in [0.1, 0.15) is 21.5 Å². The molecule has 0 aliphatic heterocycles. The maximum absolute atomic E-state index is 12.7. The Bertz CT molecular complexity index is 912. The van der Waals surface area contributed by atoms with Gasteiger partial charge in [-0.3, -0.25) is 4.79 Å². The van der Waals surface area contributed by atoms with Crippen molar-refractivity contribution in [2.24, 2.45) is 0 Å². The van der Waals surface area contributed by atoms with Gasteiger partial charge < -0.3 is 4.98 Å². The van der Waals surface area contributed by atoms with Gasteiger partial charge in [0.25, 0.3) is 0 Å². The van der Waals surface area contributed by atoms with Gasteiger partial charge in [-0.1, -0.05) is 42.5 Å². The average molecular weight is 286 g/mol. The van der Waals surface area contributed by atoms with Gasteiger partial charge in [0, 0.05) is 22.7 Å². The second-order valence-electron chi connectivity index (χ2n) is 5.11. The lowest BCUT2D eigenvalue weighted by Crippen LogP contribution is -2.01. The highest BCUT2D eigenvalue weighted by atomic mass is 16.1. The molecule has 0 saturated carbocycles. The number of ketones is 1. The average Bonchev–Trinajstić information content (AvgIpc) is 2.98. The van der Waals surface area contributed by atoms with Crippen LogP contribution >= 0.6 is 0 Å². The standard InChI is InChI=1S/C19H14N2O/c1-13-6-5-9-17-18(13)16(12-21-17)19(22)15(11-20)10-14-7-3-2-4-8-14/h2-10,12,21H,1H3/b15-10-. The van der Waals surface area contributed by atoms with Crippen molar-refractivity contribution in [3.8, 4) is 6.07 Å². The number of nitrogens with zero attached hydrogens (tertiary/aromatic N) is 1. The minimum atomic E-state index is -0.257. The van der Waals surface area contributed by atoms with Crippen LogP contribution in [0.15, 0.2) is 60.3 Å². The zero-order chi connectivity index (χ0) is 15.5. The molecule has 0 unspecified atom stereocenters. The molecule has 2 aromatic carbocycles. The summed E-state index contributed by atoms with van der Waals surface area (Å²) in [4.78, 5) is 15.8. The van der Waals surface area contributed by atoms with Gasteiger partial charge >= 0.3 is 0 Å². The highest BCUT2D eigenvalue weighted by Crippen LogP contribution is 2.24. The van der Waals surface area contributed by atoms with Gasteiger partial charge in [-0.2, -0.15) is 5.26 Å². The molecule has 1 N–H and O–H groups in total. The van der Waals surface area contributed by atoms with E-state index < -0.39 is 0 Å². The van der Waals surface area contributed by atoms with E-state index in [4.69, 9.17) is 0 Å². The van der Waals surface area contributed by atoms with Crippen molar-refractivity contribution in [2.75, 3.05) is 0 Å². The summed E-state index contributed by atoms with van der Waals surface area (Å²) < 4.78 is 0. The number of Topliss-reactive ketones (excluding diaryl/α,β-unsaturated/α-hetero) is 1. The summed E-state index contributed by atoms with van der Waals surface area (Å²) in [6.07, 6.45) is 3.30. The number of aromatic nitrogens is 1. The van der Waals surface area contributed by atoms with E-state index in [2.05, 4.69) is 4.98 Å². The Balaban J connectivity index is 2.09. The molecule has 0 amide bonds. The van der Waals surface area contributed by atoms with Crippen molar-refractivity contribution in [2.45, 2.75) is 6.92 Å². The van der Waals surface area contributed by atoms with Crippen LogP contribution in [0.25, 0.3) is 17.0 Å². The van der Waals surface area contributed by atoms with Gasteiger partial charge in [0.2, 0.25) is 5.78 Å². The number of fused-ring (bicyclic) bond motifs is 1. The molecule has 1 heterocycles. The van der Waals surface area contributed by atoms with Crippen LogP contribution in [0, 0.1) is 18.3 Å². The van der Waals surface area contributed by atoms with Crippen LogP contribution < -0.4 is 0 Å². The molecule has 1 aromatic heterocycles. The topological polar surface area (TPSA) is 56.6 Å². The van der Waals surface area contributed by atoms with Gasteiger partial charge in [0.1, 0.15) is 11.6 Å². The van der Waals surface area contributed by atoms with Gasteiger partial charge in [0.05, 0.1) is 0 Å². The van der Waals surface area contributed by atoms with E-state index in [0.29, 0.717) is 5.56 Å². The van der Waals surface area contributed by atoms with Crippen LogP contribution in [0.4, 0.5) is 0 Å². The molecule has 0 aliphatic rings. The number of benzene rings is 2. The van der Waals surface area contributed by atoms with E-state index in [-0.39, 0.29) is 11.4 Å². The van der Waals surface area contributed by atoms with Gasteiger partial charge in [-0.05, 0) is 30.2 Å². The summed E-state index contributed by atoms with van der Waals surface area (Å²) in [5.74, 6) is -0.257. The molecule has 3 rings (SSSR count). The molecule has 0 fully saturated rings. The Morgan fingerprint density at radius 2 is 1.91 bits per heavy atom. The minimum absolute atomic E-state index is 0.135. The zero-order valence-electron chi connectivity index (χ0n) is 12.1. The predicted molar refractivity (Wildman–Crippen MR) is 87.4 cm³/mol. The summed E-state index contributed by atoms with van der Waals surface area (Å²) in [7, 11) is 0. The first-order valence-electron chi connectivity index (χ1n) is 6.99. The third-order valence-electron chi connectivity index (χ3n) is 3.63. The molecule has 0 atom stereocenters. The number of hydrogen-bond acceptors (Lipinski definition) is 2. The van der Waals surface area contributed by atoms with Crippen molar-refractivity contribution >= 4 is 22.8 Å². The van der Waals surface area contributed by atoms with E-state index in [1.807, 2.05) is 61.5 Å². The van der Waals surface area contributed by atoms with Crippen molar-refractivity contribution in [1.29, 1.82) is 5.26 Å².